The third-order valence-corrected chi connectivity index (χ3v) is 2.66. The van der Waals surface area contributed by atoms with Gasteiger partial charge in [-0.05, 0) is 31.3 Å². The van der Waals surface area contributed by atoms with E-state index in [1.165, 1.54) is 4.90 Å². The van der Waals surface area contributed by atoms with Gasteiger partial charge in [-0.3, -0.25) is 4.90 Å². The number of thiocarbonyl (C=S) groups is 1. The van der Waals surface area contributed by atoms with E-state index in [1.54, 1.807) is 0 Å². The van der Waals surface area contributed by atoms with Gasteiger partial charge in [-0.1, -0.05) is 17.7 Å². The molecule has 15 heavy (non-hydrogen) atoms. The first-order valence-electron chi connectivity index (χ1n) is 4.62. The van der Waals surface area contributed by atoms with Gasteiger partial charge >= 0.3 is 0 Å². The quantitative estimate of drug-likeness (QED) is 0.600. The number of benzene rings is 1. The summed E-state index contributed by atoms with van der Waals surface area (Å²) in [6.45, 7) is 1.98. The molecule has 1 fully saturated rings. The summed E-state index contributed by atoms with van der Waals surface area (Å²) in [7, 11) is 0. The van der Waals surface area contributed by atoms with Crippen LogP contribution in [0.15, 0.2) is 24.3 Å². The van der Waals surface area contributed by atoms with Gasteiger partial charge in [-0.15, -0.1) is 0 Å². The lowest BCUT2D eigenvalue weighted by Crippen LogP contribution is -2.36. The van der Waals surface area contributed by atoms with Crippen LogP contribution in [0, 0.1) is 6.92 Å². The maximum Gasteiger partial charge on any atom is 0.178 e. The van der Waals surface area contributed by atoms with Crippen molar-refractivity contribution in [2.24, 2.45) is 0 Å². The second-order valence-corrected chi connectivity index (χ2v) is 3.90. The van der Waals surface area contributed by atoms with E-state index in [0.29, 0.717) is 5.11 Å². The Morgan fingerprint density at radius 3 is 2.33 bits per heavy atom. The number of rotatable bonds is 1. The van der Waals surface area contributed by atoms with Crippen molar-refractivity contribution in [1.82, 2.24) is 5.32 Å². The van der Waals surface area contributed by atoms with Crippen LogP contribution in [-0.2, 0) is 0 Å². The lowest BCUT2D eigenvalue weighted by Gasteiger charge is -2.21. The smallest absolute Gasteiger partial charge is 0.178 e. The monoisotopic (exact) mass is 224 g/mol. The molecule has 0 amide bonds. The van der Waals surface area contributed by atoms with Gasteiger partial charge < -0.3 is 15.5 Å². The highest BCUT2D eigenvalue weighted by atomic mass is 32.1. The number of hydrogen-bond acceptors (Lipinski definition) is 3. The summed E-state index contributed by atoms with van der Waals surface area (Å²) in [4.78, 5) is 1.49. The summed E-state index contributed by atoms with van der Waals surface area (Å²) < 4.78 is 0. The Kier molecular flexibility index (Phi) is 2.60. The van der Waals surface area contributed by atoms with E-state index in [9.17, 15) is 10.2 Å². The molecule has 1 aromatic carbocycles. The third-order valence-electron chi connectivity index (χ3n) is 2.35. The van der Waals surface area contributed by atoms with Crippen LogP contribution in [0.5, 0.6) is 0 Å². The molecular formula is C10H12N2O2S. The van der Waals surface area contributed by atoms with Crippen LogP contribution in [0.25, 0.3) is 0 Å². The Hall–Kier alpha value is -1.17. The van der Waals surface area contributed by atoms with Gasteiger partial charge in [-0.25, -0.2) is 0 Å². The molecule has 0 unspecified atom stereocenters. The van der Waals surface area contributed by atoms with Gasteiger partial charge in [0.2, 0.25) is 0 Å². The van der Waals surface area contributed by atoms with E-state index < -0.39 is 12.5 Å². The van der Waals surface area contributed by atoms with Gasteiger partial charge in [0.15, 0.2) is 17.6 Å². The fourth-order valence-electron chi connectivity index (χ4n) is 1.51. The van der Waals surface area contributed by atoms with E-state index in [2.05, 4.69) is 5.32 Å². The SMILES string of the molecule is Cc1ccc(N2C(=S)N[C@@H](O)[C@H]2O)cc1. The minimum Gasteiger partial charge on any atom is -0.369 e. The molecule has 1 aliphatic heterocycles. The van der Waals surface area contributed by atoms with Crippen LogP contribution in [-0.4, -0.2) is 27.8 Å². The zero-order valence-electron chi connectivity index (χ0n) is 8.21. The van der Waals surface area contributed by atoms with Gasteiger partial charge in [-0.2, -0.15) is 0 Å². The molecule has 3 N–H and O–H groups in total. The summed E-state index contributed by atoms with van der Waals surface area (Å²) in [6, 6.07) is 7.56. The van der Waals surface area contributed by atoms with Crippen LogP contribution in [0.4, 0.5) is 5.69 Å². The largest absolute Gasteiger partial charge is 0.369 e. The van der Waals surface area contributed by atoms with Crippen molar-refractivity contribution in [2.45, 2.75) is 19.4 Å². The molecule has 0 aliphatic carbocycles. The van der Waals surface area contributed by atoms with Gasteiger partial charge in [0, 0.05) is 5.69 Å². The van der Waals surface area contributed by atoms with E-state index in [0.717, 1.165) is 11.3 Å². The standard InChI is InChI=1S/C10H12N2O2S/c1-6-2-4-7(5-3-6)12-9(14)8(13)11-10(12)15/h2-5,8-9,13-14H,1H3,(H,11,15)/t8-,9+/m0/s1. The molecule has 0 bridgehead atoms. The van der Waals surface area contributed by atoms with E-state index in [4.69, 9.17) is 12.2 Å². The Balaban J connectivity index is 2.30. The average molecular weight is 224 g/mol. The highest BCUT2D eigenvalue weighted by Crippen LogP contribution is 2.21. The number of hydrogen-bond donors (Lipinski definition) is 3. The van der Waals surface area contributed by atoms with Crippen molar-refractivity contribution in [2.75, 3.05) is 4.90 Å². The summed E-state index contributed by atoms with van der Waals surface area (Å²) in [5.41, 5.74) is 1.90. The van der Waals surface area contributed by atoms with Gasteiger partial charge in [0.1, 0.15) is 0 Å². The second-order valence-electron chi connectivity index (χ2n) is 3.51. The predicted molar refractivity (Wildman–Crippen MR) is 61.4 cm³/mol. The Bertz CT molecular complexity index is 380. The molecule has 1 aromatic rings. The molecule has 0 spiro atoms. The molecule has 0 radical (unpaired) electrons. The lowest BCUT2D eigenvalue weighted by atomic mass is 10.2. The first-order chi connectivity index (χ1) is 7.09. The average Bonchev–Trinajstić information content (AvgIpc) is 2.44. The maximum atomic E-state index is 9.68. The van der Waals surface area contributed by atoms with Crippen molar-refractivity contribution < 1.29 is 10.2 Å². The molecule has 5 heteroatoms. The molecule has 4 nitrogen and oxygen atoms in total. The summed E-state index contributed by atoms with van der Waals surface area (Å²) in [5.74, 6) is 0. The summed E-state index contributed by atoms with van der Waals surface area (Å²) >= 11 is 5.00. The molecule has 1 saturated heterocycles. The normalized spacial score (nSPS) is 25.5. The van der Waals surface area contributed by atoms with Gasteiger partial charge in [0.25, 0.3) is 0 Å². The maximum absolute atomic E-state index is 9.68. The molecule has 1 aliphatic rings. The third kappa shape index (κ3) is 1.81. The lowest BCUT2D eigenvalue weighted by molar-refractivity contribution is 0.0332. The second kappa shape index (κ2) is 3.77. The highest BCUT2D eigenvalue weighted by Gasteiger charge is 2.34. The van der Waals surface area contributed by atoms with Crippen molar-refractivity contribution in [3.8, 4) is 0 Å². The first kappa shape index (κ1) is 10.4. The Morgan fingerprint density at radius 2 is 1.87 bits per heavy atom. The van der Waals surface area contributed by atoms with E-state index in [-0.39, 0.29) is 0 Å². The summed E-state index contributed by atoms with van der Waals surface area (Å²) in [5, 5.41) is 22.0. The number of aryl methyl sites for hydroxylation is 1. The number of anilines is 1. The van der Waals surface area contributed by atoms with Crippen LogP contribution < -0.4 is 10.2 Å². The number of aliphatic hydroxyl groups is 2. The number of nitrogens with zero attached hydrogens (tertiary/aromatic N) is 1. The predicted octanol–water partition coefficient (Wildman–Crippen LogP) is 0.326. The molecule has 0 saturated carbocycles. The Morgan fingerprint density at radius 1 is 1.27 bits per heavy atom. The molecule has 0 aromatic heterocycles. The fourth-order valence-corrected chi connectivity index (χ4v) is 1.84. The first-order valence-corrected chi connectivity index (χ1v) is 5.03. The van der Waals surface area contributed by atoms with Crippen LogP contribution in [0.3, 0.4) is 0 Å². The van der Waals surface area contributed by atoms with Crippen molar-refractivity contribution in [3.63, 3.8) is 0 Å². The number of aliphatic hydroxyl groups excluding tert-OH is 2. The van der Waals surface area contributed by atoms with Crippen molar-refractivity contribution in [1.29, 1.82) is 0 Å². The molecule has 2 atom stereocenters. The molecule has 2 rings (SSSR count). The summed E-state index contributed by atoms with van der Waals surface area (Å²) in [6.07, 6.45) is -2.06. The van der Waals surface area contributed by atoms with Gasteiger partial charge in [0.05, 0.1) is 0 Å². The van der Waals surface area contributed by atoms with Crippen LogP contribution >= 0.6 is 12.2 Å². The molecule has 1 heterocycles. The van der Waals surface area contributed by atoms with Crippen molar-refractivity contribution in [3.05, 3.63) is 29.8 Å². The molecule has 80 valence electrons. The van der Waals surface area contributed by atoms with Crippen molar-refractivity contribution >= 4 is 23.0 Å². The molecular weight excluding hydrogens is 212 g/mol. The minimum atomic E-state index is -1.03. The Labute approximate surface area is 93.1 Å². The number of nitrogens with one attached hydrogen (secondary N) is 1. The fraction of sp³-hybridized carbons (Fsp3) is 0.300. The topological polar surface area (TPSA) is 55.7 Å². The van der Waals surface area contributed by atoms with Crippen LogP contribution in [0.1, 0.15) is 5.56 Å². The van der Waals surface area contributed by atoms with E-state index in [1.807, 2.05) is 31.2 Å². The van der Waals surface area contributed by atoms with E-state index >= 15 is 0 Å². The van der Waals surface area contributed by atoms with Crippen LogP contribution in [0.2, 0.25) is 0 Å². The zero-order chi connectivity index (χ0) is 11.0. The highest BCUT2D eigenvalue weighted by molar-refractivity contribution is 7.80. The minimum absolute atomic E-state index is 0.332. The zero-order valence-corrected chi connectivity index (χ0v) is 9.03.